The van der Waals surface area contributed by atoms with Crippen LogP contribution in [0.2, 0.25) is 5.02 Å². The van der Waals surface area contributed by atoms with E-state index in [9.17, 15) is 5.11 Å². The van der Waals surface area contributed by atoms with Gasteiger partial charge in [-0.3, -0.25) is 0 Å². The highest BCUT2D eigenvalue weighted by molar-refractivity contribution is 6.30. The number of anilines is 1. The summed E-state index contributed by atoms with van der Waals surface area (Å²) in [5, 5.41) is 9.93. The van der Waals surface area contributed by atoms with Crippen LogP contribution in [0.15, 0.2) is 18.3 Å². The molecule has 2 rings (SSSR count). The first kappa shape index (κ1) is 10.7. The molecular formula is C11H15ClN2O. The van der Waals surface area contributed by atoms with Crippen molar-refractivity contribution in [1.29, 1.82) is 0 Å². The molecule has 2 heterocycles. The Morgan fingerprint density at radius 1 is 1.47 bits per heavy atom. The van der Waals surface area contributed by atoms with E-state index in [0.717, 1.165) is 18.8 Å². The molecule has 1 aromatic rings. The molecule has 82 valence electrons. The third-order valence-corrected chi connectivity index (χ3v) is 3.07. The van der Waals surface area contributed by atoms with Gasteiger partial charge < -0.3 is 10.0 Å². The highest BCUT2D eigenvalue weighted by Crippen LogP contribution is 2.23. The van der Waals surface area contributed by atoms with E-state index in [4.69, 9.17) is 11.6 Å². The van der Waals surface area contributed by atoms with E-state index < -0.39 is 0 Å². The standard InChI is InChI=1S/C11H15ClN2O/c12-9-4-5-11(13-7-9)14-6-2-1-3-10(14)8-15/h4-5,7,10,15H,1-3,6,8H2. The minimum Gasteiger partial charge on any atom is -0.394 e. The smallest absolute Gasteiger partial charge is 0.128 e. The summed E-state index contributed by atoms with van der Waals surface area (Å²) < 4.78 is 0. The van der Waals surface area contributed by atoms with Gasteiger partial charge in [-0.15, -0.1) is 0 Å². The van der Waals surface area contributed by atoms with Gasteiger partial charge in [0, 0.05) is 12.7 Å². The molecule has 15 heavy (non-hydrogen) atoms. The predicted octanol–water partition coefficient (Wildman–Crippen LogP) is 2.09. The largest absolute Gasteiger partial charge is 0.394 e. The average molecular weight is 227 g/mol. The Morgan fingerprint density at radius 2 is 2.33 bits per heavy atom. The number of hydrogen-bond acceptors (Lipinski definition) is 3. The molecule has 1 aliphatic rings. The Balaban J connectivity index is 2.16. The van der Waals surface area contributed by atoms with Crippen LogP contribution in [0.5, 0.6) is 0 Å². The second kappa shape index (κ2) is 4.81. The van der Waals surface area contributed by atoms with Gasteiger partial charge in [0.1, 0.15) is 5.82 Å². The number of aliphatic hydroxyl groups is 1. The number of nitrogens with zero attached hydrogens (tertiary/aromatic N) is 2. The fourth-order valence-electron chi connectivity index (χ4n) is 2.03. The van der Waals surface area contributed by atoms with Crippen LogP contribution in [0, 0.1) is 0 Å². The Bertz CT molecular complexity index is 315. The van der Waals surface area contributed by atoms with Gasteiger partial charge in [-0.25, -0.2) is 4.98 Å². The van der Waals surface area contributed by atoms with E-state index in [-0.39, 0.29) is 12.6 Å². The van der Waals surface area contributed by atoms with E-state index in [1.54, 1.807) is 6.20 Å². The molecule has 0 spiro atoms. The van der Waals surface area contributed by atoms with Crippen molar-refractivity contribution >= 4 is 17.4 Å². The lowest BCUT2D eigenvalue weighted by Gasteiger charge is -2.35. The molecule has 1 aromatic heterocycles. The predicted molar refractivity (Wildman–Crippen MR) is 61.3 cm³/mol. The zero-order chi connectivity index (χ0) is 10.7. The van der Waals surface area contributed by atoms with Crippen LogP contribution in [0.1, 0.15) is 19.3 Å². The summed E-state index contributed by atoms with van der Waals surface area (Å²) in [6.07, 6.45) is 5.05. The summed E-state index contributed by atoms with van der Waals surface area (Å²) in [5.41, 5.74) is 0. The second-order valence-electron chi connectivity index (χ2n) is 3.86. The number of halogens is 1. The molecule has 0 bridgehead atoms. The van der Waals surface area contributed by atoms with Crippen LogP contribution in [-0.4, -0.2) is 29.3 Å². The number of piperidine rings is 1. The minimum absolute atomic E-state index is 0.199. The highest BCUT2D eigenvalue weighted by Gasteiger charge is 2.22. The molecule has 1 saturated heterocycles. The Kier molecular flexibility index (Phi) is 3.44. The third-order valence-electron chi connectivity index (χ3n) is 2.84. The molecule has 0 amide bonds. The van der Waals surface area contributed by atoms with E-state index in [1.807, 2.05) is 12.1 Å². The molecule has 1 aliphatic heterocycles. The van der Waals surface area contributed by atoms with Crippen molar-refractivity contribution in [3.63, 3.8) is 0 Å². The SMILES string of the molecule is OCC1CCCCN1c1ccc(Cl)cn1. The zero-order valence-corrected chi connectivity index (χ0v) is 9.32. The van der Waals surface area contributed by atoms with Crippen molar-refractivity contribution in [3.05, 3.63) is 23.4 Å². The monoisotopic (exact) mass is 226 g/mol. The van der Waals surface area contributed by atoms with E-state index >= 15 is 0 Å². The summed E-state index contributed by atoms with van der Waals surface area (Å²) in [5.74, 6) is 0.915. The molecule has 0 radical (unpaired) electrons. The lowest BCUT2D eigenvalue weighted by Crippen LogP contribution is -2.42. The summed E-state index contributed by atoms with van der Waals surface area (Å²) in [4.78, 5) is 6.45. The lowest BCUT2D eigenvalue weighted by atomic mass is 10.0. The van der Waals surface area contributed by atoms with Crippen LogP contribution in [0.4, 0.5) is 5.82 Å². The molecule has 1 unspecified atom stereocenters. The van der Waals surface area contributed by atoms with Crippen LogP contribution in [-0.2, 0) is 0 Å². The summed E-state index contributed by atoms with van der Waals surface area (Å²) >= 11 is 5.79. The lowest BCUT2D eigenvalue weighted by molar-refractivity contribution is 0.239. The van der Waals surface area contributed by atoms with Crippen LogP contribution in [0.3, 0.4) is 0 Å². The Morgan fingerprint density at radius 3 is 3.00 bits per heavy atom. The number of aromatic nitrogens is 1. The fraction of sp³-hybridized carbons (Fsp3) is 0.545. The van der Waals surface area contributed by atoms with Gasteiger partial charge in [-0.1, -0.05) is 11.6 Å². The molecule has 4 heteroatoms. The van der Waals surface area contributed by atoms with Gasteiger partial charge in [0.15, 0.2) is 0 Å². The van der Waals surface area contributed by atoms with Crippen LogP contribution < -0.4 is 4.90 Å². The zero-order valence-electron chi connectivity index (χ0n) is 8.56. The molecule has 0 aliphatic carbocycles. The van der Waals surface area contributed by atoms with Gasteiger partial charge in [0.2, 0.25) is 0 Å². The summed E-state index contributed by atoms with van der Waals surface area (Å²) in [6, 6.07) is 3.97. The average Bonchev–Trinajstić information content (AvgIpc) is 2.30. The number of pyridine rings is 1. The molecular weight excluding hydrogens is 212 g/mol. The number of aliphatic hydroxyl groups excluding tert-OH is 1. The first-order valence-electron chi connectivity index (χ1n) is 5.30. The molecule has 1 N–H and O–H groups in total. The van der Waals surface area contributed by atoms with Crippen molar-refractivity contribution in [2.24, 2.45) is 0 Å². The molecule has 3 nitrogen and oxygen atoms in total. The third kappa shape index (κ3) is 2.41. The van der Waals surface area contributed by atoms with E-state index in [1.165, 1.54) is 12.8 Å². The molecule has 1 fully saturated rings. The minimum atomic E-state index is 0.199. The Hall–Kier alpha value is -0.800. The maximum Gasteiger partial charge on any atom is 0.128 e. The summed E-state index contributed by atoms with van der Waals surface area (Å²) in [6.45, 7) is 1.17. The second-order valence-corrected chi connectivity index (χ2v) is 4.30. The van der Waals surface area contributed by atoms with Crippen molar-refractivity contribution in [1.82, 2.24) is 4.98 Å². The van der Waals surface area contributed by atoms with Crippen molar-refractivity contribution in [2.75, 3.05) is 18.1 Å². The normalized spacial score (nSPS) is 21.7. The van der Waals surface area contributed by atoms with E-state index in [0.29, 0.717) is 5.02 Å². The first-order valence-corrected chi connectivity index (χ1v) is 5.68. The molecule has 1 atom stereocenters. The topological polar surface area (TPSA) is 36.4 Å². The highest BCUT2D eigenvalue weighted by atomic mass is 35.5. The molecule has 0 saturated carbocycles. The number of rotatable bonds is 2. The van der Waals surface area contributed by atoms with Crippen LogP contribution >= 0.6 is 11.6 Å². The van der Waals surface area contributed by atoms with Crippen molar-refractivity contribution in [3.8, 4) is 0 Å². The van der Waals surface area contributed by atoms with Crippen molar-refractivity contribution < 1.29 is 5.11 Å². The van der Waals surface area contributed by atoms with Gasteiger partial charge in [0.05, 0.1) is 17.7 Å². The first-order chi connectivity index (χ1) is 7.31. The van der Waals surface area contributed by atoms with E-state index in [2.05, 4.69) is 9.88 Å². The molecule has 0 aromatic carbocycles. The maximum atomic E-state index is 9.28. The summed E-state index contributed by atoms with van der Waals surface area (Å²) in [7, 11) is 0. The fourth-order valence-corrected chi connectivity index (χ4v) is 2.14. The van der Waals surface area contributed by atoms with Crippen LogP contribution in [0.25, 0.3) is 0 Å². The Labute approximate surface area is 94.7 Å². The number of hydrogen-bond donors (Lipinski definition) is 1. The maximum absolute atomic E-state index is 9.28. The quantitative estimate of drug-likeness (QED) is 0.839. The van der Waals surface area contributed by atoms with Crippen molar-refractivity contribution in [2.45, 2.75) is 25.3 Å². The van der Waals surface area contributed by atoms with Gasteiger partial charge in [0.25, 0.3) is 0 Å². The van der Waals surface area contributed by atoms with Gasteiger partial charge >= 0.3 is 0 Å². The van der Waals surface area contributed by atoms with Gasteiger partial charge in [-0.2, -0.15) is 0 Å². The van der Waals surface area contributed by atoms with Gasteiger partial charge in [-0.05, 0) is 31.4 Å².